The van der Waals surface area contributed by atoms with Gasteiger partial charge in [0.05, 0.1) is 18.8 Å². The summed E-state index contributed by atoms with van der Waals surface area (Å²) in [6, 6.07) is 15.3. The lowest BCUT2D eigenvalue weighted by molar-refractivity contribution is -0.170. The van der Waals surface area contributed by atoms with E-state index in [0.29, 0.717) is 30.1 Å². The maximum atomic E-state index is 13.7. The first-order valence-electron chi connectivity index (χ1n) is 10.7. The molecule has 3 aromatic rings. The average molecular weight is 433 g/mol. The summed E-state index contributed by atoms with van der Waals surface area (Å²) in [5.41, 5.74) is 1.68. The number of ether oxygens (including phenoxy) is 2. The van der Waals surface area contributed by atoms with Gasteiger partial charge in [0.1, 0.15) is 11.5 Å². The van der Waals surface area contributed by atoms with Gasteiger partial charge in [0.15, 0.2) is 5.92 Å². The van der Waals surface area contributed by atoms with Gasteiger partial charge < -0.3 is 14.4 Å². The van der Waals surface area contributed by atoms with Crippen molar-refractivity contribution in [2.45, 2.75) is 19.4 Å². The number of cyclic esters (lactones) is 1. The highest BCUT2D eigenvalue weighted by Gasteiger charge is 2.51. The van der Waals surface area contributed by atoms with Crippen molar-refractivity contribution in [3.05, 3.63) is 76.2 Å². The van der Waals surface area contributed by atoms with E-state index in [-0.39, 0.29) is 24.7 Å². The highest BCUT2D eigenvalue weighted by atomic mass is 16.6. The van der Waals surface area contributed by atoms with E-state index in [4.69, 9.17) is 14.5 Å². The van der Waals surface area contributed by atoms with Gasteiger partial charge in [0.2, 0.25) is 0 Å². The van der Waals surface area contributed by atoms with Gasteiger partial charge in [-0.25, -0.2) is 4.98 Å². The second kappa shape index (κ2) is 8.11. The maximum Gasteiger partial charge on any atom is 0.320 e. The summed E-state index contributed by atoms with van der Waals surface area (Å²) in [5, 5.41) is 0. The number of aromatic nitrogens is 2. The molecule has 0 radical (unpaired) electrons. The topological polar surface area (TPSA) is 90.2 Å². The van der Waals surface area contributed by atoms with Crippen LogP contribution in [0.4, 0.5) is 5.82 Å². The molecule has 0 amide bonds. The number of nitrogens with zero attached hydrogens (tertiary/aromatic N) is 3. The Morgan fingerprint density at radius 1 is 1.16 bits per heavy atom. The summed E-state index contributed by atoms with van der Waals surface area (Å²) in [4.78, 5) is 45.9. The summed E-state index contributed by atoms with van der Waals surface area (Å²) >= 11 is 0. The van der Waals surface area contributed by atoms with Crippen molar-refractivity contribution in [1.29, 1.82) is 0 Å². The molecule has 2 aliphatic rings. The molecule has 4 heterocycles. The van der Waals surface area contributed by atoms with E-state index in [1.54, 1.807) is 25.3 Å². The monoisotopic (exact) mass is 433 g/mol. The Bertz CT molecular complexity index is 1240. The van der Waals surface area contributed by atoms with Crippen LogP contribution in [0.3, 0.4) is 0 Å². The first-order chi connectivity index (χ1) is 15.6. The van der Waals surface area contributed by atoms with Gasteiger partial charge in [-0.05, 0) is 24.6 Å². The Balaban J connectivity index is 1.70. The molecule has 8 nitrogen and oxygen atoms in total. The van der Waals surface area contributed by atoms with Crippen LogP contribution >= 0.6 is 0 Å². The Morgan fingerprint density at radius 2 is 1.94 bits per heavy atom. The van der Waals surface area contributed by atoms with E-state index in [9.17, 15) is 14.4 Å². The molecule has 0 saturated carbocycles. The highest BCUT2D eigenvalue weighted by molar-refractivity contribution is 5.97. The molecule has 5 rings (SSSR count). The second-order valence-corrected chi connectivity index (χ2v) is 8.09. The number of carbonyl (C=O) groups is 2. The number of esters is 2. The SMILES string of the molecule is CCOC(=O)[C@@H]1C(=O)OCC2CN(Cc3ccccc3)c3nc4ccccn4c(=O)c3[C@@H]21. The van der Waals surface area contributed by atoms with Crippen molar-refractivity contribution in [2.75, 3.05) is 24.7 Å². The van der Waals surface area contributed by atoms with E-state index >= 15 is 0 Å². The van der Waals surface area contributed by atoms with Crippen molar-refractivity contribution >= 4 is 23.4 Å². The number of hydrogen-bond donors (Lipinski definition) is 0. The quantitative estimate of drug-likeness (QED) is 0.460. The molecule has 2 aromatic heterocycles. The fraction of sp³-hybridized carbons (Fsp3) is 0.333. The molecule has 0 spiro atoms. The minimum absolute atomic E-state index is 0.140. The Hall–Kier alpha value is -3.68. The van der Waals surface area contributed by atoms with Crippen LogP contribution in [-0.4, -0.2) is 41.1 Å². The lowest BCUT2D eigenvalue weighted by Crippen LogP contribution is -2.52. The molecule has 1 fully saturated rings. The fourth-order valence-corrected chi connectivity index (χ4v) is 4.78. The molecule has 164 valence electrons. The third-order valence-electron chi connectivity index (χ3n) is 6.15. The van der Waals surface area contributed by atoms with Gasteiger partial charge in [-0.1, -0.05) is 36.4 Å². The number of hydrogen-bond acceptors (Lipinski definition) is 7. The van der Waals surface area contributed by atoms with Crippen LogP contribution in [0.25, 0.3) is 5.65 Å². The van der Waals surface area contributed by atoms with Crippen LogP contribution in [0, 0.1) is 11.8 Å². The van der Waals surface area contributed by atoms with Crippen LogP contribution in [0.5, 0.6) is 0 Å². The van der Waals surface area contributed by atoms with Crippen LogP contribution < -0.4 is 10.5 Å². The number of pyridine rings is 1. The molecular formula is C24H23N3O5. The van der Waals surface area contributed by atoms with E-state index in [1.165, 1.54) is 4.40 Å². The van der Waals surface area contributed by atoms with Gasteiger partial charge in [0, 0.05) is 31.1 Å². The molecule has 1 saturated heterocycles. The highest BCUT2D eigenvalue weighted by Crippen LogP contribution is 2.44. The number of anilines is 1. The van der Waals surface area contributed by atoms with Crippen LogP contribution in [0.2, 0.25) is 0 Å². The summed E-state index contributed by atoms with van der Waals surface area (Å²) in [6.45, 7) is 3.02. The first kappa shape index (κ1) is 20.2. The Labute approximate surface area is 184 Å². The minimum atomic E-state index is -1.18. The molecule has 32 heavy (non-hydrogen) atoms. The molecule has 3 atom stereocenters. The van der Waals surface area contributed by atoms with Gasteiger partial charge in [0.25, 0.3) is 5.56 Å². The number of carbonyl (C=O) groups excluding carboxylic acids is 2. The molecular weight excluding hydrogens is 410 g/mol. The van der Waals surface area contributed by atoms with Crippen molar-refractivity contribution in [3.8, 4) is 0 Å². The molecule has 1 aromatic carbocycles. The van der Waals surface area contributed by atoms with Crippen LogP contribution in [-0.2, 0) is 25.6 Å². The predicted molar refractivity (Wildman–Crippen MR) is 116 cm³/mol. The van der Waals surface area contributed by atoms with Gasteiger partial charge in [-0.2, -0.15) is 0 Å². The number of benzene rings is 1. The normalized spacial score (nSPS) is 22.1. The molecule has 8 heteroatoms. The third-order valence-corrected chi connectivity index (χ3v) is 6.15. The molecule has 2 aliphatic heterocycles. The summed E-state index contributed by atoms with van der Waals surface area (Å²) < 4.78 is 12.0. The zero-order chi connectivity index (χ0) is 22.2. The van der Waals surface area contributed by atoms with Crippen molar-refractivity contribution < 1.29 is 19.1 Å². The van der Waals surface area contributed by atoms with Crippen molar-refractivity contribution in [2.24, 2.45) is 11.8 Å². The third kappa shape index (κ3) is 3.32. The Kier molecular flexibility index (Phi) is 5.13. The largest absolute Gasteiger partial charge is 0.465 e. The molecule has 0 bridgehead atoms. The fourth-order valence-electron chi connectivity index (χ4n) is 4.78. The van der Waals surface area contributed by atoms with Crippen molar-refractivity contribution in [1.82, 2.24) is 9.38 Å². The second-order valence-electron chi connectivity index (χ2n) is 8.09. The van der Waals surface area contributed by atoms with Crippen molar-refractivity contribution in [3.63, 3.8) is 0 Å². The zero-order valence-corrected chi connectivity index (χ0v) is 17.6. The molecule has 1 unspecified atom stereocenters. The van der Waals surface area contributed by atoms with E-state index in [2.05, 4.69) is 0 Å². The predicted octanol–water partition coefficient (Wildman–Crippen LogP) is 2.15. The lowest BCUT2D eigenvalue weighted by atomic mass is 9.73. The summed E-state index contributed by atoms with van der Waals surface area (Å²) in [6.07, 6.45) is 1.65. The van der Waals surface area contributed by atoms with Gasteiger partial charge >= 0.3 is 11.9 Å². The standard InChI is InChI=1S/C24H23N3O5/c1-2-31-23(29)20-18-16(14-32-24(20)30)13-26(12-15-8-4-3-5-9-15)21-19(18)22(28)27-11-7-6-10-17(27)25-21/h3-11,16,18,20H,2,12-14H2,1H3/t16?,18-,20-/m1/s1. The van der Waals surface area contributed by atoms with Gasteiger partial charge in [-0.15, -0.1) is 0 Å². The maximum absolute atomic E-state index is 13.7. The number of fused-ring (bicyclic) bond motifs is 4. The first-order valence-corrected chi connectivity index (χ1v) is 10.7. The smallest absolute Gasteiger partial charge is 0.320 e. The van der Waals surface area contributed by atoms with E-state index < -0.39 is 23.8 Å². The average Bonchev–Trinajstić information content (AvgIpc) is 2.80. The van der Waals surface area contributed by atoms with Crippen LogP contribution in [0.15, 0.2) is 59.5 Å². The minimum Gasteiger partial charge on any atom is -0.465 e. The zero-order valence-electron chi connectivity index (χ0n) is 17.6. The molecule has 0 N–H and O–H groups in total. The number of rotatable bonds is 4. The van der Waals surface area contributed by atoms with Crippen LogP contribution in [0.1, 0.15) is 24.0 Å². The van der Waals surface area contributed by atoms with Gasteiger partial charge in [-0.3, -0.25) is 18.8 Å². The Morgan fingerprint density at radius 3 is 2.72 bits per heavy atom. The summed E-state index contributed by atoms with van der Waals surface area (Å²) in [5.74, 6) is -2.85. The summed E-state index contributed by atoms with van der Waals surface area (Å²) in [7, 11) is 0. The molecule has 0 aliphatic carbocycles. The van der Waals surface area contributed by atoms with E-state index in [1.807, 2.05) is 41.3 Å². The lowest BCUT2D eigenvalue weighted by Gasteiger charge is -2.43. The van der Waals surface area contributed by atoms with E-state index in [0.717, 1.165) is 5.56 Å².